The molecule has 1 unspecified atom stereocenters. The van der Waals surface area contributed by atoms with Crippen LogP contribution in [0.2, 0.25) is 0 Å². The van der Waals surface area contributed by atoms with E-state index in [1.807, 2.05) is 36.4 Å². The van der Waals surface area contributed by atoms with Gasteiger partial charge in [-0.05, 0) is 42.0 Å². The predicted molar refractivity (Wildman–Crippen MR) is 85.1 cm³/mol. The Morgan fingerprint density at radius 3 is 2.76 bits per heavy atom. The second kappa shape index (κ2) is 6.10. The monoisotopic (exact) mass is 280 g/mol. The van der Waals surface area contributed by atoms with Crippen LogP contribution in [0.3, 0.4) is 0 Å². The number of nitrogens with two attached hydrogens (primary N) is 1. The van der Waals surface area contributed by atoms with Gasteiger partial charge in [-0.1, -0.05) is 42.5 Å². The summed E-state index contributed by atoms with van der Waals surface area (Å²) in [6.07, 6.45) is 3.04. The molecule has 1 amide bonds. The van der Waals surface area contributed by atoms with Gasteiger partial charge in [0.2, 0.25) is 5.91 Å². The number of rotatable bonds is 3. The molecule has 1 atom stereocenters. The third-order valence-corrected chi connectivity index (χ3v) is 4.18. The Hall–Kier alpha value is -2.13. The second-order valence-electron chi connectivity index (χ2n) is 5.49. The van der Waals surface area contributed by atoms with E-state index in [0.29, 0.717) is 6.54 Å². The van der Waals surface area contributed by atoms with Gasteiger partial charge in [0, 0.05) is 12.2 Å². The van der Waals surface area contributed by atoms with Crippen LogP contribution in [0.15, 0.2) is 48.5 Å². The lowest BCUT2D eigenvalue weighted by molar-refractivity contribution is -0.117. The number of fused-ring (bicyclic) bond motifs is 1. The van der Waals surface area contributed by atoms with E-state index in [2.05, 4.69) is 17.4 Å². The van der Waals surface area contributed by atoms with Crippen LogP contribution < -0.4 is 11.1 Å². The van der Waals surface area contributed by atoms with Crippen LogP contribution in [-0.4, -0.2) is 5.91 Å². The summed E-state index contributed by atoms with van der Waals surface area (Å²) in [5, 5.41) is 3.05. The Morgan fingerprint density at radius 2 is 1.90 bits per heavy atom. The molecule has 0 aromatic heterocycles. The Kier molecular flexibility index (Phi) is 4.02. The minimum Gasteiger partial charge on any atom is -0.326 e. The highest BCUT2D eigenvalue weighted by molar-refractivity contribution is 5.96. The van der Waals surface area contributed by atoms with Gasteiger partial charge in [0.25, 0.3) is 0 Å². The number of hydrogen-bond donors (Lipinski definition) is 2. The molecule has 3 heteroatoms. The maximum atomic E-state index is 12.6. The first kappa shape index (κ1) is 13.8. The summed E-state index contributed by atoms with van der Waals surface area (Å²) in [7, 11) is 0. The molecule has 1 aliphatic rings. The quantitative estimate of drug-likeness (QED) is 0.907. The number of nitrogens with one attached hydrogen (secondary N) is 1. The second-order valence-corrected chi connectivity index (χ2v) is 5.49. The van der Waals surface area contributed by atoms with Crippen LogP contribution in [0.1, 0.15) is 35.4 Å². The van der Waals surface area contributed by atoms with Gasteiger partial charge in [-0.3, -0.25) is 4.79 Å². The highest BCUT2D eigenvalue weighted by Crippen LogP contribution is 2.32. The summed E-state index contributed by atoms with van der Waals surface area (Å²) in [5.41, 5.74) is 10.00. The van der Waals surface area contributed by atoms with Crippen molar-refractivity contribution in [3.05, 3.63) is 65.2 Å². The summed E-state index contributed by atoms with van der Waals surface area (Å²) < 4.78 is 0. The largest absolute Gasteiger partial charge is 0.326 e. The van der Waals surface area contributed by atoms with E-state index >= 15 is 0 Å². The molecule has 0 radical (unpaired) electrons. The van der Waals surface area contributed by atoms with Crippen molar-refractivity contribution >= 4 is 11.6 Å². The van der Waals surface area contributed by atoms with Crippen LogP contribution in [0.4, 0.5) is 5.69 Å². The van der Waals surface area contributed by atoms with Crippen LogP contribution in [0, 0.1) is 0 Å². The van der Waals surface area contributed by atoms with Gasteiger partial charge in [0.1, 0.15) is 0 Å². The molecule has 1 aliphatic carbocycles. The minimum atomic E-state index is -0.0548. The van der Waals surface area contributed by atoms with Gasteiger partial charge in [-0.25, -0.2) is 0 Å². The number of anilines is 1. The van der Waals surface area contributed by atoms with E-state index in [4.69, 9.17) is 5.73 Å². The van der Waals surface area contributed by atoms with E-state index in [0.717, 1.165) is 30.5 Å². The Labute approximate surface area is 125 Å². The molecule has 0 saturated heterocycles. The summed E-state index contributed by atoms with van der Waals surface area (Å²) in [6, 6.07) is 16.0. The predicted octanol–water partition coefficient (Wildman–Crippen LogP) is 3.20. The van der Waals surface area contributed by atoms with Crippen molar-refractivity contribution in [1.82, 2.24) is 0 Å². The average molecular weight is 280 g/mol. The molecule has 108 valence electrons. The summed E-state index contributed by atoms with van der Waals surface area (Å²) in [5.74, 6) is 0.0174. The molecule has 3 rings (SSSR count). The van der Waals surface area contributed by atoms with E-state index in [9.17, 15) is 4.79 Å². The van der Waals surface area contributed by atoms with Crippen LogP contribution in [0.5, 0.6) is 0 Å². The summed E-state index contributed by atoms with van der Waals surface area (Å²) >= 11 is 0. The molecule has 3 nitrogen and oxygen atoms in total. The molecule has 0 spiro atoms. The topological polar surface area (TPSA) is 55.1 Å². The van der Waals surface area contributed by atoms with Gasteiger partial charge >= 0.3 is 0 Å². The Balaban J connectivity index is 1.84. The van der Waals surface area contributed by atoms with Crippen molar-refractivity contribution in [2.75, 3.05) is 5.32 Å². The first-order valence-corrected chi connectivity index (χ1v) is 7.46. The zero-order chi connectivity index (χ0) is 14.7. The fraction of sp³-hybridized carbons (Fsp3) is 0.278. The summed E-state index contributed by atoms with van der Waals surface area (Å²) in [4.78, 5) is 12.6. The van der Waals surface area contributed by atoms with Crippen molar-refractivity contribution in [3.63, 3.8) is 0 Å². The van der Waals surface area contributed by atoms with E-state index < -0.39 is 0 Å². The zero-order valence-electron chi connectivity index (χ0n) is 12.0. The highest BCUT2D eigenvalue weighted by atomic mass is 16.1. The molecule has 0 fully saturated rings. The number of benzene rings is 2. The number of para-hydroxylation sites is 1. The zero-order valence-corrected chi connectivity index (χ0v) is 12.0. The molecule has 0 aliphatic heterocycles. The van der Waals surface area contributed by atoms with E-state index in [1.165, 1.54) is 11.1 Å². The van der Waals surface area contributed by atoms with Crippen molar-refractivity contribution in [2.45, 2.75) is 31.7 Å². The van der Waals surface area contributed by atoms with Crippen LogP contribution >= 0.6 is 0 Å². The molecular formula is C18H20N2O. The number of carbonyl (C=O) groups excluding carboxylic acids is 1. The lowest BCUT2D eigenvalue weighted by atomic mass is 9.82. The van der Waals surface area contributed by atoms with Gasteiger partial charge in [0.05, 0.1) is 5.92 Å². The van der Waals surface area contributed by atoms with Gasteiger partial charge in [0.15, 0.2) is 0 Å². The molecule has 3 N–H and O–H groups in total. The van der Waals surface area contributed by atoms with Crippen molar-refractivity contribution < 1.29 is 4.79 Å². The van der Waals surface area contributed by atoms with Gasteiger partial charge in [-0.15, -0.1) is 0 Å². The fourth-order valence-electron chi connectivity index (χ4n) is 3.07. The lowest BCUT2D eigenvalue weighted by Crippen LogP contribution is -2.25. The number of carbonyl (C=O) groups is 1. The lowest BCUT2D eigenvalue weighted by Gasteiger charge is -2.25. The normalized spacial score (nSPS) is 17.1. The maximum absolute atomic E-state index is 12.6. The van der Waals surface area contributed by atoms with Crippen molar-refractivity contribution in [3.8, 4) is 0 Å². The number of hydrogen-bond acceptors (Lipinski definition) is 2. The number of amides is 1. The Bertz CT molecular complexity index is 651. The molecule has 2 aromatic carbocycles. The van der Waals surface area contributed by atoms with Gasteiger partial charge < -0.3 is 11.1 Å². The fourth-order valence-corrected chi connectivity index (χ4v) is 3.07. The third kappa shape index (κ3) is 2.83. The minimum absolute atomic E-state index is 0.0548. The smallest absolute Gasteiger partial charge is 0.231 e. The third-order valence-electron chi connectivity index (χ3n) is 4.18. The van der Waals surface area contributed by atoms with E-state index in [1.54, 1.807) is 0 Å². The molecule has 0 saturated carbocycles. The van der Waals surface area contributed by atoms with Crippen LogP contribution in [0.25, 0.3) is 0 Å². The highest BCUT2D eigenvalue weighted by Gasteiger charge is 2.26. The summed E-state index contributed by atoms with van der Waals surface area (Å²) in [6.45, 7) is 0.428. The standard InChI is InChI=1S/C18H20N2O/c19-12-14-7-2-4-11-17(14)20-18(21)16-10-5-8-13-6-1-3-9-15(13)16/h1-4,6-7,9,11,16H,5,8,10,12,19H2,(H,20,21). The maximum Gasteiger partial charge on any atom is 0.231 e. The first-order valence-electron chi connectivity index (χ1n) is 7.46. The van der Waals surface area contributed by atoms with E-state index in [-0.39, 0.29) is 11.8 Å². The molecule has 21 heavy (non-hydrogen) atoms. The molecule has 0 bridgehead atoms. The Morgan fingerprint density at radius 1 is 1.14 bits per heavy atom. The van der Waals surface area contributed by atoms with Gasteiger partial charge in [-0.2, -0.15) is 0 Å². The van der Waals surface area contributed by atoms with Crippen molar-refractivity contribution in [1.29, 1.82) is 0 Å². The SMILES string of the molecule is NCc1ccccc1NC(=O)C1CCCc2ccccc21. The molecule has 2 aromatic rings. The first-order chi connectivity index (χ1) is 10.3. The molecular weight excluding hydrogens is 260 g/mol. The van der Waals surface area contributed by atoms with Crippen LogP contribution in [-0.2, 0) is 17.8 Å². The molecule has 0 heterocycles. The van der Waals surface area contributed by atoms with Crippen molar-refractivity contribution in [2.24, 2.45) is 5.73 Å². The average Bonchev–Trinajstić information content (AvgIpc) is 2.54. The number of aryl methyl sites for hydroxylation is 1.